The zero-order valence-electron chi connectivity index (χ0n) is 9.42. The first-order chi connectivity index (χ1) is 7.31. The highest BCUT2D eigenvalue weighted by atomic mass is 16.5. The third kappa shape index (κ3) is 2.29. The van der Waals surface area contributed by atoms with Crippen molar-refractivity contribution in [1.29, 1.82) is 0 Å². The number of nitrogens with one attached hydrogen (secondary N) is 1. The summed E-state index contributed by atoms with van der Waals surface area (Å²) in [5, 5.41) is 3.38. The lowest BCUT2D eigenvalue weighted by Crippen LogP contribution is -2.27. The number of aromatic nitrogens is 1. The fourth-order valence-corrected chi connectivity index (χ4v) is 2.18. The Morgan fingerprint density at radius 3 is 2.80 bits per heavy atom. The fourth-order valence-electron chi connectivity index (χ4n) is 2.18. The molecule has 1 N–H and O–H groups in total. The average molecular weight is 206 g/mol. The lowest BCUT2D eigenvalue weighted by Gasteiger charge is -2.24. The van der Waals surface area contributed by atoms with Gasteiger partial charge in [-0.15, -0.1) is 0 Å². The van der Waals surface area contributed by atoms with E-state index in [9.17, 15) is 0 Å². The molecule has 0 amide bonds. The van der Waals surface area contributed by atoms with E-state index in [-0.39, 0.29) is 0 Å². The second kappa shape index (κ2) is 4.62. The van der Waals surface area contributed by atoms with Crippen LogP contribution in [0.25, 0.3) is 0 Å². The molecule has 2 rings (SSSR count). The van der Waals surface area contributed by atoms with Crippen molar-refractivity contribution in [3.63, 3.8) is 0 Å². The van der Waals surface area contributed by atoms with Crippen LogP contribution in [0.1, 0.15) is 29.9 Å². The van der Waals surface area contributed by atoms with Crippen LogP contribution in [0.15, 0.2) is 12.3 Å². The highest BCUT2D eigenvalue weighted by molar-refractivity contribution is 5.33. The topological polar surface area (TPSA) is 34.1 Å². The van der Waals surface area contributed by atoms with E-state index in [4.69, 9.17) is 4.74 Å². The molecular formula is C12H18N2O. The molecule has 1 aliphatic heterocycles. The lowest BCUT2D eigenvalue weighted by molar-refractivity contribution is 0.376. The molecule has 0 spiro atoms. The van der Waals surface area contributed by atoms with E-state index in [1.165, 1.54) is 24.0 Å². The van der Waals surface area contributed by atoms with Crippen LogP contribution in [0.2, 0.25) is 0 Å². The van der Waals surface area contributed by atoms with E-state index in [0.29, 0.717) is 5.92 Å². The van der Waals surface area contributed by atoms with Gasteiger partial charge in [-0.1, -0.05) is 0 Å². The molecule has 0 unspecified atom stereocenters. The summed E-state index contributed by atoms with van der Waals surface area (Å²) in [5.74, 6) is 1.40. The molecular weight excluding hydrogens is 188 g/mol. The van der Waals surface area contributed by atoms with Crippen LogP contribution in [0, 0.1) is 6.92 Å². The molecule has 0 atom stereocenters. The van der Waals surface area contributed by atoms with Gasteiger partial charge in [0.05, 0.1) is 7.11 Å². The Morgan fingerprint density at radius 2 is 2.13 bits per heavy atom. The van der Waals surface area contributed by atoms with Crippen molar-refractivity contribution in [2.24, 2.45) is 0 Å². The Morgan fingerprint density at radius 1 is 1.40 bits per heavy atom. The van der Waals surface area contributed by atoms with E-state index < -0.39 is 0 Å². The molecule has 1 aromatic rings. The molecule has 1 fully saturated rings. The zero-order valence-corrected chi connectivity index (χ0v) is 9.42. The normalized spacial score (nSPS) is 17.7. The number of hydrogen-bond acceptors (Lipinski definition) is 3. The van der Waals surface area contributed by atoms with E-state index >= 15 is 0 Å². The number of ether oxygens (including phenoxy) is 1. The Labute approximate surface area is 90.9 Å². The predicted molar refractivity (Wildman–Crippen MR) is 60.4 cm³/mol. The molecule has 0 aliphatic carbocycles. The van der Waals surface area contributed by atoms with Crippen LogP contribution >= 0.6 is 0 Å². The van der Waals surface area contributed by atoms with Gasteiger partial charge in [-0.3, -0.25) is 0 Å². The lowest BCUT2D eigenvalue weighted by atomic mass is 9.90. The molecule has 0 saturated carbocycles. The molecule has 0 aromatic carbocycles. The van der Waals surface area contributed by atoms with Gasteiger partial charge in [0.15, 0.2) is 0 Å². The van der Waals surface area contributed by atoms with Crippen LogP contribution in [-0.4, -0.2) is 25.2 Å². The number of pyridine rings is 1. The quantitative estimate of drug-likeness (QED) is 0.802. The van der Waals surface area contributed by atoms with Gasteiger partial charge in [-0.25, -0.2) is 4.98 Å². The summed E-state index contributed by atoms with van der Waals surface area (Å²) in [5.41, 5.74) is 2.49. The van der Waals surface area contributed by atoms with Crippen molar-refractivity contribution < 1.29 is 4.74 Å². The molecule has 3 nitrogen and oxygen atoms in total. The van der Waals surface area contributed by atoms with Gasteiger partial charge in [-0.05, 0) is 50.4 Å². The highest BCUT2D eigenvalue weighted by Gasteiger charge is 2.19. The van der Waals surface area contributed by atoms with E-state index in [1.54, 1.807) is 7.11 Å². The van der Waals surface area contributed by atoms with Crippen LogP contribution in [0.5, 0.6) is 5.88 Å². The molecule has 0 bridgehead atoms. The van der Waals surface area contributed by atoms with Crippen molar-refractivity contribution >= 4 is 0 Å². The molecule has 82 valence electrons. The average Bonchev–Trinajstić information content (AvgIpc) is 2.30. The van der Waals surface area contributed by atoms with E-state index in [0.717, 1.165) is 19.0 Å². The largest absolute Gasteiger partial charge is 0.481 e. The SMILES string of the molecule is COc1ncc(C)cc1C1CCNCC1. The van der Waals surface area contributed by atoms with E-state index in [2.05, 4.69) is 23.3 Å². The first-order valence-corrected chi connectivity index (χ1v) is 5.52. The summed E-state index contributed by atoms with van der Waals surface area (Å²) < 4.78 is 5.32. The number of hydrogen-bond donors (Lipinski definition) is 1. The summed E-state index contributed by atoms with van der Waals surface area (Å²) in [6.07, 6.45) is 4.23. The summed E-state index contributed by atoms with van der Waals surface area (Å²) in [7, 11) is 1.70. The third-order valence-corrected chi connectivity index (χ3v) is 2.99. The van der Waals surface area contributed by atoms with Gasteiger partial charge in [-0.2, -0.15) is 0 Å². The summed E-state index contributed by atoms with van der Waals surface area (Å²) in [6.45, 7) is 4.28. The second-order valence-corrected chi connectivity index (χ2v) is 4.14. The molecule has 1 aliphatic rings. The first-order valence-electron chi connectivity index (χ1n) is 5.52. The third-order valence-electron chi connectivity index (χ3n) is 2.99. The Kier molecular flexibility index (Phi) is 3.21. The number of methoxy groups -OCH3 is 1. The van der Waals surface area contributed by atoms with Gasteiger partial charge in [0.1, 0.15) is 0 Å². The van der Waals surface area contributed by atoms with Gasteiger partial charge in [0, 0.05) is 11.8 Å². The fraction of sp³-hybridized carbons (Fsp3) is 0.583. The first kappa shape index (κ1) is 10.4. The van der Waals surface area contributed by atoms with E-state index in [1.807, 2.05) is 6.20 Å². The minimum absolute atomic E-state index is 0.605. The number of aryl methyl sites for hydroxylation is 1. The van der Waals surface area contributed by atoms with Crippen LogP contribution in [0.4, 0.5) is 0 Å². The summed E-state index contributed by atoms with van der Waals surface area (Å²) >= 11 is 0. The monoisotopic (exact) mass is 206 g/mol. The minimum Gasteiger partial charge on any atom is -0.481 e. The van der Waals surface area contributed by atoms with Crippen LogP contribution < -0.4 is 10.1 Å². The summed E-state index contributed by atoms with van der Waals surface area (Å²) in [6, 6.07) is 2.21. The Bertz CT molecular complexity index is 332. The molecule has 2 heterocycles. The zero-order chi connectivity index (χ0) is 10.7. The van der Waals surface area contributed by atoms with Gasteiger partial charge >= 0.3 is 0 Å². The van der Waals surface area contributed by atoms with Crippen molar-refractivity contribution in [3.05, 3.63) is 23.4 Å². The molecule has 3 heteroatoms. The standard InChI is InChI=1S/C12H18N2O/c1-9-7-11(12(15-2)14-8-9)10-3-5-13-6-4-10/h7-8,10,13H,3-6H2,1-2H3. The van der Waals surface area contributed by atoms with Crippen LogP contribution in [-0.2, 0) is 0 Å². The predicted octanol–water partition coefficient (Wildman–Crippen LogP) is 1.87. The molecule has 1 aromatic heterocycles. The number of nitrogens with zero attached hydrogens (tertiary/aromatic N) is 1. The Hall–Kier alpha value is -1.09. The smallest absolute Gasteiger partial charge is 0.216 e. The Balaban J connectivity index is 2.27. The van der Waals surface area contributed by atoms with Crippen LogP contribution in [0.3, 0.4) is 0 Å². The van der Waals surface area contributed by atoms with Gasteiger partial charge < -0.3 is 10.1 Å². The van der Waals surface area contributed by atoms with Crippen molar-refractivity contribution in [2.45, 2.75) is 25.7 Å². The van der Waals surface area contributed by atoms with Gasteiger partial charge in [0.25, 0.3) is 0 Å². The molecule has 0 radical (unpaired) electrons. The highest BCUT2D eigenvalue weighted by Crippen LogP contribution is 2.31. The van der Waals surface area contributed by atoms with Crippen molar-refractivity contribution in [2.75, 3.05) is 20.2 Å². The van der Waals surface area contributed by atoms with Crippen molar-refractivity contribution in [3.8, 4) is 5.88 Å². The van der Waals surface area contributed by atoms with Crippen molar-refractivity contribution in [1.82, 2.24) is 10.3 Å². The maximum absolute atomic E-state index is 5.32. The second-order valence-electron chi connectivity index (χ2n) is 4.14. The van der Waals surface area contributed by atoms with Gasteiger partial charge in [0.2, 0.25) is 5.88 Å². The number of piperidine rings is 1. The maximum atomic E-state index is 5.32. The minimum atomic E-state index is 0.605. The summed E-state index contributed by atoms with van der Waals surface area (Å²) in [4.78, 5) is 4.33. The maximum Gasteiger partial charge on any atom is 0.216 e. The molecule has 15 heavy (non-hydrogen) atoms. The number of rotatable bonds is 2. The molecule has 1 saturated heterocycles.